The molecule has 1 heterocycles. The minimum absolute atomic E-state index is 0.00702. The molecule has 1 N–H and O–H groups in total. The molecule has 1 aliphatic heterocycles. The first kappa shape index (κ1) is 17.8. The molecule has 0 aliphatic carbocycles. The summed E-state index contributed by atoms with van der Waals surface area (Å²) in [6.45, 7) is 5.04. The maximum Gasteiger partial charge on any atom is 0.249 e. The second-order valence-corrected chi connectivity index (χ2v) is 6.04. The van der Waals surface area contributed by atoms with Crippen molar-refractivity contribution in [1.29, 1.82) is 0 Å². The summed E-state index contributed by atoms with van der Waals surface area (Å²) in [5.41, 5.74) is 1.08. The molecule has 0 bridgehead atoms. The Labute approximate surface area is 138 Å². The van der Waals surface area contributed by atoms with Crippen LogP contribution in [0.4, 0.5) is 0 Å². The second-order valence-electron chi connectivity index (χ2n) is 6.04. The summed E-state index contributed by atoms with van der Waals surface area (Å²) in [7, 11) is 1.66. The molecule has 1 fully saturated rings. The van der Waals surface area contributed by atoms with Gasteiger partial charge in [-0.1, -0.05) is 18.2 Å². The number of benzene rings is 1. The third-order valence-corrected chi connectivity index (χ3v) is 4.03. The number of hydrogen-bond acceptors (Lipinski definition) is 4. The minimum atomic E-state index is -0.473. The van der Waals surface area contributed by atoms with Crippen LogP contribution in [0.5, 0.6) is 5.75 Å². The summed E-state index contributed by atoms with van der Waals surface area (Å²) in [6.07, 6.45) is 2.47. The highest BCUT2D eigenvalue weighted by molar-refractivity contribution is 5.80. The van der Waals surface area contributed by atoms with Crippen molar-refractivity contribution in [2.24, 2.45) is 0 Å². The molecule has 2 rings (SSSR count). The molecule has 1 aromatic carbocycles. The zero-order valence-electron chi connectivity index (χ0n) is 14.2. The molecular weight excluding hydrogens is 294 g/mol. The molecule has 0 saturated carbocycles. The lowest BCUT2D eigenvalue weighted by Gasteiger charge is -2.20. The van der Waals surface area contributed by atoms with Crippen molar-refractivity contribution < 1.29 is 19.0 Å². The summed E-state index contributed by atoms with van der Waals surface area (Å²) in [5.74, 6) is 0.752. The molecule has 0 unspecified atom stereocenters. The van der Waals surface area contributed by atoms with Gasteiger partial charge in [0.2, 0.25) is 5.91 Å². The molecule has 1 aliphatic rings. The largest absolute Gasteiger partial charge is 0.496 e. The van der Waals surface area contributed by atoms with Crippen LogP contribution >= 0.6 is 0 Å². The highest BCUT2D eigenvalue weighted by atomic mass is 16.5. The third kappa shape index (κ3) is 5.52. The molecule has 1 saturated heterocycles. The highest BCUT2D eigenvalue weighted by Gasteiger charge is 2.21. The Morgan fingerprint density at radius 2 is 2.17 bits per heavy atom. The topological polar surface area (TPSA) is 56.8 Å². The highest BCUT2D eigenvalue weighted by Crippen LogP contribution is 2.19. The number of rotatable bonds is 8. The van der Waals surface area contributed by atoms with E-state index in [1.54, 1.807) is 14.0 Å². The molecule has 0 aromatic heterocycles. The van der Waals surface area contributed by atoms with Crippen molar-refractivity contribution in [1.82, 2.24) is 5.32 Å². The molecule has 128 valence electrons. The molecule has 0 radical (unpaired) electrons. The van der Waals surface area contributed by atoms with E-state index in [1.165, 1.54) is 0 Å². The van der Waals surface area contributed by atoms with E-state index in [2.05, 4.69) is 5.32 Å². The van der Waals surface area contributed by atoms with Gasteiger partial charge in [-0.2, -0.15) is 0 Å². The van der Waals surface area contributed by atoms with E-state index in [9.17, 15) is 4.79 Å². The van der Waals surface area contributed by atoms with E-state index in [0.29, 0.717) is 13.0 Å². The van der Waals surface area contributed by atoms with Crippen LogP contribution in [0.25, 0.3) is 0 Å². The van der Waals surface area contributed by atoms with Crippen LogP contribution in [-0.2, 0) is 20.7 Å². The summed E-state index contributed by atoms with van der Waals surface area (Å²) < 4.78 is 16.5. The first-order chi connectivity index (χ1) is 11.1. The number of methoxy groups -OCH3 is 1. The molecule has 5 nitrogen and oxygen atoms in total. The second kappa shape index (κ2) is 8.89. The third-order valence-electron chi connectivity index (χ3n) is 4.03. The Kier molecular flexibility index (Phi) is 6.86. The van der Waals surface area contributed by atoms with Gasteiger partial charge in [-0.3, -0.25) is 4.79 Å². The maximum atomic E-state index is 12.2. The van der Waals surface area contributed by atoms with Crippen LogP contribution in [0.2, 0.25) is 0 Å². The van der Waals surface area contributed by atoms with Gasteiger partial charge in [0.05, 0.1) is 19.8 Å². The van der Waals surface area contributed by atoms with Gasteiger partial charge >= 0.3 is 0 Å². The van der Waals surface area contributed by atoms with Crippen LogP contribution in [0.15, 0.2) is 24.3 Å². The lowest BCUT2D eigenvalue weighted by atomic mass is 10.1. The smallest absolute Gasteiger partial charge is 0.249 e. The summed E-state index contributed by atoms with van der Waals surface area (Å²) >= 11 is 0. The molecule has 0 spiro atoms. The van der Waals surface area contributed by atoms with Crippen molar-refractivity contribution in [2.75, 3.05) is 20.3 Å². The lowest BCUT2D eigenvalue weighted by molar-refractivity contribution is -0.134. The number of carbonyl (C=O) groups is 1. The fourth-order valence-corrected chi connectivity index (χ4v) is 2.72. The molecule has 23 heavy (non-hydrogen) atoms. The van der Waals surface area contributed by atoms with E-state index >= 15 is 0 Å². The summed E-state index contributed by atoms with van der Waals surface area (Å²) in [6, 6.07) is 7.86. The van der Waals surface area contributed by atoms with Crippen molar-refractivity contribution >= 4 is 5.91 Å². The van der Waals surface area contributed by atoms with Crippen LogP contribution < -0.4 is 10.1 Å². The van der Waals surface area contributed by atoms with Gasteiger partial charge in [-0.15, -0.1) is 0 Å². The first-order valence-corrected chi connectivity index (χ1v) is 8.25. The SMILES string of the molecule is COc1ccccc1C[C@H](C)NC(=O)[C@H](C)OC[C@@H]1CCCO1. The predicted octanol–water partition coefficient (Wildman–Crippen LogP) is 2.33. The predicted molar refractivity (Wildman–Crippen MR) is 88.7 cm³/mol. The molecule has 5 heteroatoms. The monoisotopic (exact) mass is 321 g/mol. The maximum absolute atomic E-state index is 12.2. The first-order valence-electron chi connectivity index (χ1n) is 8.25. The number of hydrogen-bond donors (Lipinski definition) is 1. The Balaban J connectivity index is 1.76. The van der Waals surface area contributed by atoms with Crippen molar-refractivity contribution in [3.05, 3.63) is 29.8 Å². The quantitative estimate of drug-likeness (QED) is 0.798. The summed E-state index contributed by atoms with van der Waals surface area (Å²) in [5, 5.41) is 2.99. The van der Waals surface area contributed by atoms with E-state index < -0.39 is 6.10 Å². The van der Waals surface area contributed by atoms with E-state index in [-0.39, 0.29) is 18.1 Å². The van der Waals surface area contributed by atoms with Gasteiger partial charge in [-0.25, -0.2) is 0 Å². The van der Waals surface area contributed by atoms with E-state index in [4.69, 9.17) is 14.2 Å². The van der Waals surface area contributed by atoms with E-state index in [0.717, 1.165) is 30.8 Å². The van der Waals surface area contributed by atoms with Crippen LogP contribution in [0.1, 0.15) is 32.3 Å². The van der Waals surface area contributed by atoms with Crippen LogP contribution in [0.3, 0.4) is 0 Å². The average Bonchev–Trinajstić information content (AvgIpc) is 3.06. The van der Waals surface area contributed by atoms with Crippen LogP contribution in [0, 0.1) is 0 Å². The van der Waals surface area contributed by atoms with Gasteiger partial charge in [-0.05, 0) is 44.7 Å². The number of carbonyl (C=O) groups excluding carboxylic acids is 1. The Bertz CT molecular complexity index is 500. The molecule has 1 aromatic rings. The molecule has 3 atom stereocenters. The number of ether oxygens (including phenoxy) is 3. The zero-order chi connectivity index (χ0) is 16.7. The number of para-hydroxylation sites is 1. The van der Waals surface area contributed by atoms with Gasteiger partial charge in [0.25, 0.3) is 0 Å². The Hall–Kier alpha value is -1.59. The number of nitrogens with one attached hydrogen (secondary N) is 1. The Morgan fingerprint density at radius 1 is 1.39 bits per heavy atom. The van der Waals surface area contributed by atoms with Crippen LogP contribution in [-0.4, -0.2) is 44.5 Å². The standard InChI is InChI=1S/C18H27NO4/c1-13(11-15-7-4-5-9-17(15)21-3)19-18(20)14(2)23-12-16-8-6-10-22-16/h4-5,7,9,13-14,16H,6,8,10-12H2,1-3H3,(H,19,20)/t13-,14-,16-/m0/s1. The normalized spacial score (nSPS) is 20.0. The number of amides is 1. The average molecular weight is 321 g/mol. The van der Waals surface area contributed by atoms with E-state index in [1.807, 2.05) is 31.2 Å². The fraction of sp³-hybridized carbons (Fsp3) is 0.611. The lowest BCUT2D eigenvalue weighted by Crippen LogP contribution is -2.41. The zero-order valence-corrected chi connectivity index (χ0v) is 14.2. The van der Waals surface area contributed by atoms with Crippen molar-refractivity contribution in [2.45, 2.75) is 51.4 Å². The van der Waals surface area contributed by atoms with Crippen molar-refractivity contribution in [3.63, 3.8) is 0 Å². The van der Waals surface area contributed by atoms with Gasteiger partial charge < -0.3 is 19.5 Å². The molecule has 1 amide bonds. The fourth-order valence-electron chi connectivity index (χ4n) is 2.72. The molecular formula is C18H27NO4. The van der Waals surface area contributed by atoms with Gasteiger partial charge in [0.15, 0.2) is 0 Å². The summed E-state index contributed by atoms with van der Waals surface area (Å²) in [4.78, 5) is 12.2. The van der Waals surface area contributed by atoms with Crippen molar-refractivity contribution in [3.8, 4) is 5.75 Å². The Morgan fingerprint density at radius 3 is 2.87 bits per heavy atom. The van der Waals surface area contributed by atoms with Gasteiger partial charge in [0.1, 0.15) is 11.9 Å². The van der Waals surface area contributed by atoms with Gasteiger partial charge in [0, 0.05) is 12.6 Å². The minimum Gasteiger partial charge on any atom is -0.496 e.